The Kier molecular flexibility index (Phi) is 6.35. The standard InChI is InChI=1S/C20H26N6/c21-10-4-12-23-18-9-8-16-14-17(15-6-2-1-3-7-15)20(24-13-5-11-22)26-19(16)25-18/h1-3,6-9,14H,4-5,10-13,21-22H2,(H2,23,24,25,26). The van der Waals surface area contributed by atoms with Gasteiger partial charge in [-0.15, -0.1) is 0 Å². The minimum Gasteiger partial charge on any atom is -0.370 e. The van der Waals surface area contributed by atoms with Crippen LogP contribution < -0.4 is 22.1 Å². The molecule has 0 spiro atoms. The van der Waals surface area contributed by atoms with Crippen LogP contribution in [-0.2, 0) is 0 Å². The molecule has 0 aliphatic carbocycles. The van der Waals surface area contributed by atoms with Crippen molar-refractivity contribution >= 4 is 22.7 Å². The summed E-state index contributed by atoms with van der Waals surface area (Å²) in [7, 11) is 0. The van der Waals surface area contributed by atoms with Crippen molar-refractivity contribution in [1.29, 1.82) is 0 Å². The zero-order valence-electron chi connectivity index (χ0n) is 14.9. The van der Waals surface area contributed by atoms with Crippen LogP contribution >= 0.6 is 0 Å². The van der Waals surface area contributed by atoms with E-state index in [-0.39, 0.29) is 0 Å². The van der Waals surface area contributed by atoms with Crippen LogP contribution in [0, 0.1) is 0 Å². The molecule has 0 bridgehead atoms. The highest BCUT2D eigenvalue weighted by Crippen LogP contribution is 2.30. The number of rotatable bonds is 9. The highest BCUT2D eigenvalue weighted by molar-refractivity contribution is 5.88. The molecule has 0 atom stereocenters. The van der Waals surface area contributed by atoms with E-state index in [0.717, 1.165) is 59.7 Å². The molecule has 3 rings (SSSR count). The molecule has 6 N–H and O–H groups in total. The first-order valence-corrected chi connectivity index (χ1v) is 9.07. The summed E-state index contributed by atoms with van der Waals surface area (Å²) in [6.07, 6.45) is 1.80. The molecule has 0 amide bonds. The van der Waals surface area contributed by atoms with Crippen LogP contribution in [0.5, 0.6) is 0 Å². The van der Waals surface area contributed by atoms with Gasteiger partial charge in [0, 0.05) is 24.0 Å². The van der Waals surface area contributed by atoms with Crippen molar-refractivity contribution in [3.05, 3.63) is 48.5 Å². The largest absolute Gasteiger partial charge is 0.370 e. The average Bonchev–Trinajstić information content (AvgIpc) is 2.68. The van der Waals surface area contributed by atoms with Gasteiger partial charge >= 0.3 is 0 Å². The molecule has 2 aromatic heterocycles. The number of nitrogens with zero attached hydrogens (tertiary/aromatic N) is 2. The average molecular weight is 350 g/mol. The third-order valence-corrected chi connectivity index (χ3v) is 4.12. The zero-order chi connectivity index (χ0) is 18.2. The Bertz CT molecular complexity index is 834. The summed E-state index contributed by atoms with van der Waals surface area (Å²) in [6.45, 7) is 2.89. The third kappa shape index (κ3) is 4.47. The van der Waals surface area contributed by atoms with Gasteiger partial charge in [0.05, 0.1) is 0 Å². The quantitative estimate of drug-likeness (QED) is 0.443. The van der Waals surface area contributed by atoms with Gasteiger partial charge in [0.1, 0.15) is 11.6 Å². The van der Waals surface area contributed by atoms with Crippen molar-refractivity contribution in [3.8, 4) is 11.1 Å². The molecule has 3 aromatic rings. The van der Waals surface area contributed by atoms with E-state index in [4.69, 9.17) is 16.5 Å². The molecule has 0 aliphatic heterocycles. The second kappa shape index (κ2) is 9.12. The monoisotopic (exact) mass is 350 g/mol. The number of hydrogen-bond acceptors (Lipinski definition) is 6. The van der Waals surface area contributed by atoms with Crippen LogP contribution in [0.1, 0.15) is 12.8 Å². The molecule has 2 heterocycles. The predicted molar refractivity (Wildman–Crippen MR) is 109 cm³/mol. The summed E-state index contributed by atoms with van der Waals surface area (Å²) in [5, 5.41) is 7.71. The molecule has 6 heteroatoms. The van der Waals surface area contributed by atoms with Gasteiger partial charge in [0.2, 0.25) is 0 Å². The first kappa shape index (κ1) is 18.1. The molecule has 0 fully saturated rings. The molecule has 26 heavy (non-hydrogen) atoms. The molecule has 0 radical (unpaired) electrons. The maximum Gasteiger partial charge on any atom is 0.163 e. The van der Waals surface area contributed by atoms with E-state index in [0.29, 0.717) is 13.1 Å². The summed E-state index contributed by atoms with van der Waals surface area (Å²) >= 11 is 0. The van der Waals surface area contributed by atoms with Crippen LogP contribution in [0.25, 0.3) is 22.2 Å². The molecule has 1 aromatic carbocycles. The minimum absolute atomic E-state index is 0.648. The Morgan fingerprint density at radius 1 is 0.808 bits per heavy atom. The van der Waals surface area contributed by atoms with E-state index in [1.807, 2.05) is 24.3 Å². The number of pyridine rings is 2. The lowest BCUT2D eigenvalue weighted by atomic mass is 10.0. The van der Waals surface area contributed by atoms with Crippen molar-refractivity contribution in [2.24, 2.45) is 11.5 Å². The van der Waals surface area contributed by atoms with Crippen molar-refractivity contribution in [1.82, 2.24) is 9.97 Å². The summed E-state index contributed by atoms with van der Waals surface area (Å²) < 4.78 is 0. The van der Waals surface area contributed by atoms with Crippen LogP contribution in [0.3, 0.4) is 0 Å². The van der Waals surface area contributed by atoms with Crippen molar-refractivity contribution in [3.63, 3.8) is 0 Å². The highest BCUT2D eigenvalue weighted by Gasteiger charge is 2.10. The number of anilines is 2. The van der Waals surface area contributed by atoms with Gasteiger partial charge in [-0.05, 0) is 49.7 Å². The van der Waals surface area contributed by atoms with E-state index in [1.54, 1.807) is 0 Å². The van der Waals surface area contributed by atoms with Crippen LogP contribution in [0.4, 0.5) is 11.6 Å². The molecule has 0 aliphatic rings. The fourth-order valence-corrected chi connectivity index (χ4v) is 2.75. The Labute approximate surface area is 154 Å². The minimum atomic E-state index is 0.648. The third-order valence-electron chi connectivity index (χ3n) is 4.12. The molecular weight excluding hydrogens is 324 g/mol. The normalized spacial score (nSPS) is 10.8. The number of fused-ring (bicyclic) bond motifs is 1. The van der Waals surface area contributed by atoms with Crippen LogP contribution in [0.2, 0.25) is 0 Å². The van der Waals surface area contributed by atoms with E-state index in [9.17, 15) is 0 Å². The Morgan fingerprint density at radius 3 is 2.27 bits per heavy atom. The summed E-state index contributed by atoms with van der Waals surface area (Å²) in [6, 6.07) is 16.4. The van der Waals surface area contributed by atoms with Gasteiger partial charge in [-0.3, -0.25) is 0 Å². The van der Waals surface area contributed by atoms with Gasteiger partial charge in [0.25, 0.3) is 0 Å². The van der Waals surface area contributed by atoms with Crippen LogP contribution in [0.15, 0.2) is 48.5 Å². The second-order valence-corrected chi connectivity index (χ2v) is 6.13. The van der Waals surface area contributed by atoms with Crippen molar-refractivity contribution in [2.75, 3.05) is 36.8 Å². The van der Waals surface area contributed by atoms with Gasteiger partial charge in [-0.25, -0.2) is 9.97 Å². The Hall–Kier alpha value is -2.70. The van der Waals surface area contributed by atoms with Gasteiger partial charge in [0.15, 0.2) is 5.65 Å². The van der Waals surface area contributed by atoms with Crippen LogP contribution in [-0.4, -0.2) is 36.1 Å². The predicted octanol–water partition coefficient (Wildman–Crippen LogP) is 2.82. The van der Waals surface area contributed by atoms with Crippen molar-refractivity contribution < 1.29 is 0 Å². The maximum atomic E-state index is 5.62. The molecule has 0 saturated carbocycles. The summed E-state index contributed by atoms with van der Waals surface area (Å²) in [4.78, 5) is 9.43. The summed E-state index contributed by atoms with van der Waals surface area (Å²) in [5.74, 6) is 1.66. The molecule has 136 valence electrons. The SMILES string of the molecule is NCCCNc1ccc2cc(-c3ccccc3)c(NCCCN)nc2n1. The first-order chi connectivity index (χ1) is 12.8. The topological polar surface area (TPSA) is 102 Å². The summed E-state index contributed by atoms with van der Waals surface area (Å²) in [5.41, 5.74) is 14.1. The zero-order valence-corrected chi connectivity index (χ0v) is 14.9. The maximum absolute atomic E-state index is 5.62. The smallest absolute Gasteiger partial charge is 0.163 e. The highest BCUT2D eigenvalue weighted by atomic mass is 15.1. The number of nitrogens with one attached hydrogen (secondary N) is 2. The Morgan fingerprint density at radius 2 is 1.54 bits per heavy atom. The lowest BCUT2D eigenvalue weighted by Gasteiger charge is -2.13. The van der Waals surface area contributed by atoms with E-state index < -0.39 is 0 Å². The van der Waals surface area contributed by atoms with Crippen molar-refractivity contribution in [2.45, 2.75) is 12.8 Å². The number of hydrogen-bond donors (Lipinski definition) is 4. The molecule has 0 unspecified atom stereocenters. The lowest BCUT2D eigenvalue weighted by molar-refractivity contribution is 0.869. The first-order valence-electron chi connectivity index (χ1n) is 9.07. The van der Waals surface area contributed by atoms with Gasteiger partial charge in [-0.2, -0.15) is 0 Å². The Balaban J connectivity index is 1.96. The van der Waals surface area contributed by atoms with E-state index >= 15 is 0 Å². The fraction of sp³-hybridized carbons (Fsp3) is 0.300. The number of nitrogens with two attached hydrogens (primary N) is 2. The number of aromatic nitrogens is 2. The van der Waals surface area contributed by atoms with E-state index in [1.165, 1.54) is 0 Å². The molecular formula is C20H26N6. The second-order valence-electron chi connectivity index (χ2n) is 6.13. The molecule has 6 nitrogen and oxygen atoms in total. The van der Waals surface area contributed by atoms with E-state index in [2.05, 4.69) is 39.9 Å². The van der Waals surface area contributed by atoms with Gasteiger partial charge < -0.3 is 22.1 Å². The number of benzene rings is 1. The molecule has 0 saturated heterocycles. The lowest BCUT2D eigenvalue weighted by Crippen LogP contribution is -2.11. The fourth-order valence-electron chi connectivity index (χ4n) is 2.75. The van der Waals surface area contributed by atoms with Gasteiger partial charge in [-0.1, -0.05) is 30.3 Å².